The Hall–Kier alpha value is -1.69. The summed E-state index contributed by atoms with van der Waals surface area (Å²) in [4.78, 5) is 14.8. The molecule has 0 aromatic carbocycles. The standard InChI is InChI=1S/C16H22N4OS/c1-16(2,3)22-18-15(21)13-11-17-20-9-6-12(10-14(13)20)19-7-4-5-8-19/h6,9-11H,4-5,7-8H2,1-3H3,(H,18,21). The molecular formula is C16H22N4OS. The number of nitrogens with one attached hydrogen (secondary N) is 1. The van der Waals surface area contributed by atoms with Crippen LogP contribution in [0.3, 0.4) is 0 Å². The quantitative estimate of drug-likeness (QED) is 0.884. The normalized spacial score (nSPS) is 15.5. The third-order valence-electron chi connectivity index (χ3n) is 3.67. The summed E-state index contributed by atoms with van der Waals surface area (Å²) in [7, 11) is 0. The van der Waals surface area contributed by atoms with E-state index in [1.165, 1.54) is 30.5 Å². The predicted octanol–water partition coefficient (Wildman–Crippen LogP) is 3.11. The number of carbonyl (C=O) groups excluding carboxylic acids is 1. The van der Waals surface area contributed by atoms with E-state index >= 15 is 0 Å². The molecule has 3 heterocycles. The molecule has 0 spiro atoms. The van der Waals surface area contributed by atoms with Crippen LogP contribution in [0.1, 0.15) is 44.0 Å². The Morgan fingerprint density at radius 3 is 2.73 bits per heavy atom. The highest BCUT2D eigenvalue weighted by Gasteiger charge is 2.19. The highest BCUT2D eigenvalue weighted by molar-refractivity contribution is 7.99. The molecule has 1 amide bonds. The molecule has 0 atom stereocenters. The summed E-state index contributed by atoms with van der Waals surface area (Å²) in [6.07, 6.45) is 6.04. The van der Waals surface area contributed by atoms with Crippen LogP contribution in [0.4, 0.5) is 5.69 Å². The van der Waals surface area contributed by atoms with Crippen LogP contribution in [0.5, 0.6) is 0 Å². The highest BCUT2D eigenvalue weighted by Crippen LogP contribution is 2.24. The number of nitrogens with zero attached hydrogens (tertiary/aromatic N) is 3. The van der Waals surface area contributed by atoms with Gasteiger partial charge in [-0.1, -0.05) is 0 Å². The molecule has 1 N–H and O–H groups in total. The number of pyridine rings is 1. The van der Waals surface area contributed by atoms with E-state index in [1.807, 2.05) is 6.20 Å². The summed E-state index contributed by atoms with van der Waals surface area (Å²) in [5, 5.41) is 4.28. The molecule has 1 saturated heterocycles. The van der Waals surface area contributed by atoms with Gasteiger partial charge in [-0.25, -0.2) is 4.52 Å². The smallest absolute Gasteiger partial charge is 0.264 e. The summed E-state index contributed by atoms with van der Waals surface area (Å²) in [6, 6.07) is 4.13. The van der Waals surface area contributed by atoms with Crippen LogP contribution >= 0.6 is 11.9 Å². The summed E-state index contributed by atoms with van der Waals surface area (Å²) in [6.45, 7) is 8.38. The van der Waals surface area contributed by atoms with Gasteiger partial charge in [0.15, 0.2) is 0 Å². The van der Waals surface area contributed by atoms with Crippen molar-refractivity contribution in [1.82, 2.24) is 14.3 Å². The second-order valence-electron chi connectivity index (χ2n) is 6.61. The Morgan fingerprint density at radius 2 is 2.05 bits per heavy atom. The van der Waals surface area contributed by atoms with E-state index in [1.54, 1.807) is 10.7 Å². The summed E-state index contributed by atoms with van der Waals surface area (Å²) in [5.74, 6) is -0.0894. The lowest BCUT2D eigenvalue weighted by Crippen LogP contribution is -2.23. The molecule has 5 nitrogen and oxygen atoms in total. The molecule has 0 aliphatic carbocycles. The van der Waals surface area contributed by atoms with Gasteiger partial charge in [-0.05, 0) is 57.7 Å². The second-order valence-corrected chi connectivity index (χ2v) is 8.25. The maximum absolute atomic E-state index is 12.4. The highest BCUT2D eigenvalue weighted by atomic mass is 32.2. The molecule has 1 aliphatic rings. The molecule has 1 fully saturated rings. The van der Waals surface area contributed by atoms with Gasteiger partial charge < -0.3 is 4.90 Å². The molecule has 3 rings (SSSR count). The first-order chi connectivity index (χ1) is 10.4. The van der Waals surface area contributed by atoms with Crippen molar-refractivity contribution in [2.45, 2.75) is 38.4 Å². The van der Waals surface area contributed by atoms with Crippen molar-refractivity contribution >= 4 is 29.1 Å². The number of rotatable bonds is 3. The fraction of sp³-hybridized carbons (Fsp3) is 0.500. The third kappa shape index (κ3) is 3.21. The van der Waals surface area contributed by atoms with Crippen molar-refractivity contribution in [3.8, 4) is 0 Å². The van der Waals surface area contributed by atoms with Crippen molar-refractivity contribution in [2.75, 3.05) is 18.0 Å². The zero-order chi connectivity index (χ0) is 15.7. The number of amides is 1. The average Bonchev–Trinajstić information content (AvgIpc) is 3.12. The zero-order valence-corrected chi connectivity index (χ0v) is 14.1. The van der Waals surface area contributed by atoms with Gasteiger partial charge in [0.2, 0.25) is 0 Å². The number of carbonyl (C=O) groups is 1. The molecular weight excluding hydrogens is 296 g/mol. The van der Waals surface area contributed by atoms with E-state index in [-0.39, 0.29) is 10.7 Å². The Morgan fingerprint density at radius 1 is 1.32 bits per heavy atom. The molecule has 0 unspecified atom stereocenters. The van der Waals surface area contributed by atoms with Crippen LogP contribution in [-0.4, -0.2) is 33.4 Å². The summed E-state index contributed by atoms with van der Waals surface area (Å²) >= 11 is 1.43. The maximum atomic E-state index is 12.4. The molecule has 118 valence electrons. The topological polar surface area (TPSA) is 49.6 Å². The second kappa shape index (κ2) is 5.83. The van der Waals surface area contributed by atoms with Crippen molar-refractivity contribution in [2.24, 2.45) is 0 Å². The van der Waals surface area contributed by atoms with Crippen molar-refractivity contribution in [3.63, 3.8) is 0 Å². The summed E-state index contributed by atoms with van der Waals surface area (Å²) < 4.78 is 4.66. The average molecular weight is 318 g/mol. The van der Waals surface area contributed by atoms with Crippen LogP contribution in [0.2, 0.25) is 0 Å². The van der Waals surface area contributed by atoms with Gasteiger partial charge in [-0.2, -0.15) is 5.10 Å². The van der Waals surface area contributed by atoms with Gasteiger partial charge in [0, 0.05) is 29.7 Å². The predicted molar refractivity (Wildman–Crippen MR) is 91.4 cm³/mol. The van der Waals surface area contributed by atoms with Gasteiger partial charge in [0.25, 0.3) is 5.91 Å². The molecule has 2 aromatic heterocycles. The minimum absolute atomic E-state index is 0.0145. The van der Waals surface area contributed by atoms with E-state index in [0.29, 0.717) is 5.56 Å². The largest absolute Gasteiger partial charge is 0.371 e. The number of hydrogen-bond donors (Lipinski definition) is 1. The molecule has 0 bridgehead atoms. The minimum atomic E-state index is -0.0894. The van der Waals surface area contributed by atoms with Gasteiger partial charge in [0.05, 0.1) is 17.3 Å². The minimum Gasteiger partial charge on any atom is -0.371 e. The number of hydrogen-bond acceptors (Lipinski definition) is 4. The van der Waals surface area contributed by atoms with Crippen molar-refractivity contribution in [1.29, 1.82) is 0 Å². The number of fused-ring (bicyclic) bond motifs is 1. The molecule has 6 heteroatoms. The SMILES string of the molecule is CC(C)(C)SNC(=O)c1cnn2ccc(N3CCCC3)cc12. The maximum Gasteiger partial charge on any atom is 0.264 e. The Kier molecular flexibility index (Phi) is 4.04. The van der Waals surface area contributed by atoms with Crippen LogP contribution < -0.4 is 9.62 Å². The third-order valence-corrected chi connectivity index (χ3v) is 4.57. The van der Waals surface area contributed by atoms with Gasteiger partial charge in [-0.3, -0.25) is 9.52 Å². The van der Waals surface area contributed by atoms with Crippen molar-refractivity contribution in [3.05, 3.63) is 30.1 Å². The Bertz CT molecular complexity index is 683. The fourth-order valence-electron chi connectivity index (χ4n) is 2.57. The van der Waals surface area contributed by atoms with E-state index in [4.69, 9.17) is 0 Å². The van der Waals surface area contributed by atoms with Crippen LogP contribution in [0.15, 0.2) is 24.5 Å². The van der Waals surface area contributed by atoms with E-state index in [2.05, 4.69) is 47.6 Å². The van der Waals surface area contributed by atoms with Crippen LogP contribution in [-0.2, 0) is 0 Å². The molecule has 2 aromatic rings. The zero-order valence-electron chi connectivity index (χ0n) is 13.3. The lowest BCUT2D eigenvalue weighted by molar-refractivity contribution is 0.0985. The van der Waals surface area contributed by atoms with Crippen LogP contribution in [0.25, 0.3) is 5.52 Å². The Balaban J connectivity index is 1.86. The van der Waals surface area contributed by atoms with Gasteiger partial charge in [-0.15, -0.1) is 0 Å². The summed E-state index contributed by atoms with van der Waals surface area (Å²) in [5.41, 5.74) is 2.65. The number of aromatic nitrogens is 2. The van der Waals surface area contributed by atoms with E-state index < -0.39 is 0 Å². The Labute approximate surface area is 135 Å². The van der Waals surface area contributed by atoms with E-state index in [9.17, 15) is 4.79 Å². The first kappa shape index (κ1) is 15.2. The molecule has 22 heavy (non-hydrogen) atoms. The lowest BCUT2D eigenvalue weighted by atomic mass is 10.2. The first-order valence-electron chi connectivity index (χ1n) is 7.65. The van der Waals surface area contributed by atoms with Crippen molar-refractivity contribution < 1.29 is 4.79 Å². The number of anilines is 1. The van der Waals surface area contributed by atoms with Crippen LogP contribution in [0, 0.1) is 0 Å². The molecule has 0 saturated carbocycles. The molecule has 0 radical (unpaired) electrons. The van der Waals surface area contributed by atoms with Gasteiger partial charge >= 0.3 is 0 Å². The van der Waals surface area contributed by atoms with E-state index in [0.717, 1.165) is 18.6 Å². The monoisotopic (exact) mass is 318 g/mol. The fourth-order valence-corrected chi connectivity index (χ4v) is 3.08. The lowest BCUT2D eigenvalue weighted by Gasteiger charge is -2.18. The first-order valence-corrected chi connectivity index (χ1v) is 8.46. The molecule has 1 aliphatic heterocycles. The van der Waals surface area contributed by atoms with Gasteiger partial charge in [0.1, 0.15) is 0 Å².